The maximum atomic E-state index is 12.4. The second kappa shape index (κ2) is 9.03. The molecule has 1 fully saturated rings. The molecule has 0 radical (unpaired) electrons. The van der Waals surface area contributed by atoms with Crippen molar-refractivity contribution in [2.75, 3.05) is 0 Å². The van der Waals surface area contributed by atoms with Crippen molar-refractivity contribution < 1.29 is 13.9 Å². The lowest BCUT2D eigenvalue weighted by molar-refractivity contribution is 0.0901. The number of amides is 1. The second-order valence-electron chi connectivity index (χ2n) is 6.42. The van der Waals surface area contributed by atoms with Gasteiger partial charge in [0.25, 0.3) is 5.91 Å². The van der Waals surface area contributed by atoms with Gasteiger partial charge in [-0.15, -0.1) is 0 Å². The molecule has 1 aromatic carbocycles. The molecule has 1 heterocycles. The summed E-state index contributed by atoms with van der Waals surface area (Å²) in [5.41, 5.74) is 0. The van der Waals surface area contributed by atoms with Crippen molar-refractivity contribution in [1.29, 1.82) is 0 Å². The van der Waals surface area contributed by atoms with E-state index in [2.05, 4.69) is 5.32 Å². The number of nitrogens with one attached hydrogen (secondary N) is 1. The first-order valence-electron chi connectivity index (χ1n) is 8.70. The van der Waals surface area contributed by atoms with Crippen LogP contribution in [0.1, 0.15) is 54.8 Å². The number of hydrogen-bond acceptors (Lipinski definition) is 3. The van der Waals surface area contributed by atoms with E-state index in [9.17, 15) is 4.79 Å². The molecule has 2 aromatic rings. The standard InChI is InChI=1S/C19H20Cl3NO3/c20-12-9-15(21)18(16(22)10-12)25-11-14-7-8-17(26-14)19(24)23-13-5-3-1-2-4-6-13/h7-10,13H,1-6,11H2,(H,23,24). The van der Waals surface area contributed by atoms with Crippen LogP contribution in [0.5, 0.6) is 5.75 Å². The lowest BCUT2D eigenvalue weighted by Crippen LogP contribution is -2.34. The fraction of sp³-hybridized carbons (Fsp3) is 0.421. The number of benzene rings is 1. The van der Waals surface area contributed by atoms with E-state index in [0.29, 0.717) is 26.6 Å². The Labute approximate surface area is 167 Å². The van der Waals surface area contributed by atoms with E-state index in [-0.39, 0.29) is 24.3 Å². The van der Waals surface area contributed by atoms with Crippen LogP contribution < -0.4 is 10.1 Å². The lowest BCUT2D eigenvalue weighted by atomic mass is 10.1. The molecule has 0 spiro atoms. The first-order valence-corrected chi connectivity index (χ1v) is 9.83. The van der Waals surface area contributed by atoms with Gasteiger partial charge in [-0.05, 0) is 37.1 Å². The molecule has 0 aliphatic heterocycles. The van der Waals surface area contributed by atoms with E-state index >= 15 is 0 Å². The molecule has 1 saturated carbocycles. The largest absolute Gasteiger partial charge is 0.483 e. The van der Waals surface area contributed by atoms with Crippen LogP contribution in [0.4, 0.5) is 0 Å². The third-order valence-electron chi connectivity index (χ3n) is 4.40. The van der Waals surface area contributed by atoms with Gasteiger partial charge in [-0.1, -0.05) is 60.5 Å². The first-order chi connectivity index (χ1) is 12.5. The zero-order valence-corrected chi connectivity index (χ0v) is 16.5. The van der Waals surface area contributed by atoms with Gasteiger partial charge in [0.15, 0.2) is 11.5 Å². The normalized spacial score (nSPS) is 15.5. The van der Waals surface area contributed by atoms with Gasteiger partial charge in [0.1, 0.15) is 12.4 Å². The van der Waals surface area contributed by atoms with Crippen molar-refractivity contribution in [3.8, 4) is 5.75 Å². The molecule has 3 rings (SSSR count). The predicted octanol–water partition coefficient (Wildman–Crippen LogP) is 6.27. The average Bonchev–Trinajstić information content (AvgIpc) is 2.91. The number of halogens is 3. The van der Waals surface area contributed by atoms with Gasteiger partial charge >= 0.3 is 0 Å². The Kier molecular flexibility index (Phi) is 6.74. The molecule has 1 aliphatic carbocycles. The van der Waals surface area contributed by atoms with Crippen LogP contribution in [0.25, 0.3) is 0 Å². The summed E-state index contributed by atoms with van der Waals surface area (Å²) >= 11 is 18.1. The van der Waals surface area contributed by atoms with Crippen molar-refractivity contribution in [3.63, 3.8) is 0 Å². The Bertz CT molecular complexity index is 744. The fourth-order valence-corrected chi connectivity index (χ4v) is 3.99. The highest BCUT2D eigenvalue weighted by Crippen LogP contribution is 2.36. The Morgan fingerprint density at radius 2 is 1.73 bits per heavy atom. The molecular weight excluding hydrogens is 397 g/mol. The second-order valence-corrected chi connectivity index (χ2v) is 7.67. The van der Waals surface area contributed by atoms with E-state index in [1.54, 1.807) is 24.3 Å². The van der Waals surface area contributed by atoms with Crippen LogP contribution in [0, 0.1) is 0 Å². The van der Waals surface area contributed by atoms with Gasteiger partial charge in [0, 0.05) is 11.1 Å². The lowest BCUT2D eigenvalue weighted by Gasteiger charge is -2.15. The van der Waals surface area contributed by atoms with Crippen molar-refractivity contribution in [1.82, 2.24) is 5.32 Å². The third kappa shape index (κ3) is 5.09. The minimum absolute atomic E-state index is 0.109. The quantitative estimate of drug-likeness (QED) is 0.584. The minimum atomic E-state index is -0.189. The summed E-state index contributed by atoms with van der Waals surface area (Å²) in [6.45, 7) is 0.109. The van der Waals surface area contributed by atoms with Crippen molar-refractivity contribution in [2.24, 2.45) is 0 Å². The minimum Gasteiger partial charge on any atom is -0.483 e. The Morgan fingerprint density at radius 3 is 2.38 bits per heavy atom. The van der Waals surface area contributed by atoms with E-state index in [4.69, 9.17) is 44.0 Å². The van der Waals surface area contributed by atoms with Crippen LogP contribution in [-0.2, 0) is 6.61 Å². The summed E-state index contributed by atoms with van der Waals surface area (Å²) < 4.78 is 11.2. The summed E-state index contributed by atoms with van der Waals surface area (Å²) in [5, 5.41) is 4.13. The van der Waals surface area contributed by atoms with Gasteiger partial charge < -0.3 is 14.5 Å². The number of ether oxygens (including phenoxy) is 1. The summed E-state index contributed by atoms with van der Waals surface area (Å²) in [6, 6.07) is 6.69. The van der Waals surface area contributed by atoms with Crippen LogP contribution in [0.2, 0.25) is 15.1 Å². The maximum Gasteiger partial charge on any atom is 0.287 e. The molecule has 26 heavy (non-hydrogen) atoms. The molecule has 4 nitrogen and oxygen atoms in total. The molecule has 0 atom stereocenters. The first kappa shape index (κ1) is 19.4. The third-order valence-corrected chi connectivity index (χ3v) is 5.18. The van der Waals surface area contributed by atoms with Crippen LogP contribution >= 0.6 is 34.8 Å². The maximum absolute atomic E-state index is 12.4. The van der Waals surface area contributed by atoms with Crippen LogP contribution in [0.15, 0.2) is 28.7 Å². The molecule has 1 aliphatic rings. The Morgan fingerprint density at radius 1 is 1.08 bits per heavy atom. The number of hydrogen-bond donors (Lipinski definition) is 1. The molecule has 140 valence electrons. The highest BCUT2D eigenvalue weighted by Gasteiger charge is 2.18. The van der Waals surface area contributed by atoms with Gasteiger partial charge in [-0.3, -0.25) is 4.79 Å². The smallest absolute Gasteiger partial charge is 0.287 e. The van der Waals surface area contributed by atoms with E-state index in [1.165, 1.54) is 12.8 Å². The molecule has 0 saturated heterocycles. The van der Waals surface area contributed by atoms with Crippen LogP contribution in [-0.4, -0.2) is 11.9 Å². The van der Waals surface area contributed by atoms with Crippen LogP contribution in [0.3, 0.4) is 0 Å². The summed E-state index contributed by atoms with van der Waals surface area (Å²) in [4.78, 5) is 12.4. The van der Waals surface area contributed by atoms with Crippen molar-refractivity contribution in [3.05, 3.63) is 50.9 Å². The fourth-order valence-electron chi connectivity index (χ4n) is 3.07. The van der Waals surface area contributed by atoms with Crippen molar-refractivity contribution in [2.45, 2.75) is 51.2 Å². The number of carbonyl (C=O) groups excluding carboxylic acids is 1. The van der Waals surface area contributed by atoms with E-state index < -0.39 is 0 Å². The number of furan rings is 1. The Balaban J connectivity index is 1.58. The molecule has 1 aromatic heterocycles. The highest BCUT2D eigenvalue weighted by molar-refractivity contribution is 6.40. The number of rotatable bonds is 5. The zero-order valence-electron chi connectivity index (χ0n) is 14.2. The van der Waals surface area contributed by atoms with E-state index in [1.807, 2.05) is 0 Å². The topological polar surface area (TPSA) is 51.5 Å². The molecule has 0 unspecified atom stereocenters. The van der Waals surface area contributed by atoms with Gasteiger partial charge in [-0.25, -0.2) is 0 Å². The summed E-state index contributed by atoms with van der Waals surface area (Å²) in [6.07, 6.45) is 6.84. The molecule has 1 N–H and O–H groups in total. The molecule has 0 bridgehead atoms. The van der Waals surface area contributed by atoms with Gasteiger partial charge in [0.2, 0.25) is 0 Å². The molecule has 7 heteroatoms. The predicted molar refractivity (Wildman–Crippen MR) is 103 cm³/mol. The summed E-state index contributed by atoms with van der Waals surface area (Å²) in [7, 11) is 0. The highest BCUT2D eigenvalue weighted by atomic mass is 35.5. The molecule has 1 amide bonds. The zero-order chi connectivity index (χ0) is 18.5. The monoisotopic (exact) mass is 415 g/mol. The number of carbonyl (C=O) groups is 1. The Hall–Kier alpha value is -1.36. The summed E-state index contributed by atoms with van der Waals surface area (Å²) in [5.74, 6) is 0.934. The average molecular weight is 417 g/mol. The SMILES string of the molecule is O=C(NC1CCCCCC1)c1ccc(COc2c(Cl)cc(Cl)cc2Cl)o1. The van der Waals surface area contributed by atoms with Crippen molar-refractivity contribution >= 4 is 40.7 Å². The van der Waals surface area contributed by atoms with Gasteiger partial charge in [0.05, 0.1) is 10.0 Å². The van der Waals surface area contributed by atoms with E-state index in [0.717, 1.165) is 25.7 Å². The molecular formula is C19H20Cl3NO3. The van der Waals surface area contributed by atoms with Gasteiger partial charge in [-0.2, -0.15) is 0 Å².